The Morgan fingerprint density at radius 3 is 3.20 bits per heavy atom. The van der Waals surface area contributed by atoms with Crippen LogP contribution in [0.2, 0.25) is 0 Å². The van der Waals surface area contributed by atoms with Crippen molar-refractivity contribution >= 4 is 17.3 Å². The first kappa shape index (κ1) is 13.4. The average Bonchev–Trinajstić information content (AvgIpc) is 3.19. The van der Waals surface area contributed by atoms with Gasteiger partial charge in [0.2, 0.25) is 0 Å². The molecule has 0 amide bonds. The number of carbonyl (C=O) groups is 1. The summed E-state index contributed by atoms with van der Waals surface area (Å²) >= 11 is 1.79. The van der Waals surface area contributed by atoms with Gasteiger partial charge in [0.05, 0.1) is 19.9 Å². The summed E-state index contributed by atoms with van der Waals surface area (Å²) in [6, 6.07) is 6.38. The van der Waals surface area contributed by atoms with Crippen molar-refractivity contribution in [2.75, 3.05) is 13.7 Å². The predicted octanol–water partition coefficient (Wildman–Crippen LogP) is 3.46. The Hall–Kier alpha value is -1.59. The number of thiophene rings is 1. The second kappa shape index (κ2) is 5.81. The van der Waals surface area contributed by atoms with Gasteiger partial charge < -0.3 is 9.15 Å². The summed E-state index contributed by atoms with van der Waals surface area (Å²) in [7, 11) is 1.39. The minimum absolute atomic E-state index is 0.333. The van der Waals surface area contributed by atoms with E-state index in [1.54, 1.807) is 23.7 Å². The Kier molecular flexibility index (Phi) is 3.89. The lowest BCUT2D eigenvalue weighted by Crippen LogP contribution is -2.23. The highest BCUT2D eigenvalue weighted by molar-refractivity contribution is 7.10. The molecular formula is C15H17NO3S. The average molecular weight is 291 g/mol. The second-order valence-electron chi connectivity index (χ2n) is 4.89. The van der Waals surface area contributed by atoms with Gasteiger partial charge >= 0.3 is 5.97 Å². The fraction of sp³-hybridized carbons (Fsp3) is 0.400. The van der Waals surface area contributed by atoms with Gasteiger partial charge in [-0.05, 0) is 36.9 Å². The van der Waals surface area contributed by atoms with Crippen LogP contribution in [-0.4, -0.2) is 24.5 Å². The lowest BCUT2D eigenvalue weighted by atomic mass is 10.1. The molecule has 1 atom stereocenters. The van der Waals surface area contributed by atoms with E-state index in [1.165, 1.54) is 18.4 Å². The minimum Gasteiger partial charge on any atom is -0.467 e. The maximum atomic E-state index is 11.7. The minimum atomic E-state index is -0.333. The van der Waals surface area contributed by atoms with Crippen molar-refractivity contribution in [1.29, 1.82) is 0 Å². The SMILES string of the molecule is COC(=O)c1ccoc1CN1CCCC1c1cccs1. The Labute approximate surface area is 122 Å². The van der Waals surface area contributed by atoms with E-state index in [0.717, 1.165) is 13.0 Å². The molecule has 1 saturated heterocycles. The van der Waals surface area contributed by atoms with Crippen LogP contribution in [0, 0.1) is 0 Å². The van der Waals surface area contributed by atoms with Gasteiger partial charge in [0.1, 0.15) is 11.3 Å². The number of ether oxygens (including phenoxy) is 1. The molecule has 1 aliphatic heterocycles. The Bertz CT molecular complexity index is 576. The molecular weight excluding hydrogens is 274 g/mol. The third-order valence-corrected chi connectivity index (χ3v) is 4.71. The molecule has 0 N–H and O–H groups in total. The Balaban J connectivity index is 1.77. The van der Waals surface area contributed by atoms with Crippen molar-refractivity contribution in [3.05, 3.63) is 46.0 Å². The summed E-state index contributed by atoms with van der Waals surface area (Å²) in [6.07, 6.45) is 3.89. The molecule has 2 aromatic heterocycles. The number of furan rings is 1. The van der Waals surface area contributed by atoms with Gasteiger partial charge in [0.25, 0.3) is 0 Å². The van der Waals surface area contributed by atoms with E-state index in [1.807, 2.05) is 0 Å². The van der Waals surface area contributed by atoms with E-state index in [-0.39, 0.29) is 5.97 Å². The zero-order chi connectivity index (χ0) is 13.9. The van der Waals surface area contributed by atoms with Crippen LogP contribution in [0.1, 0.15) is 39.9 Å². The molecule has 0 aromatic carbocycles. The number of esters is 1. The molecule has 20 heavy (non-hydrogen) atoms. The van der Waals surface area contributed by atoms with Crippen LogP contribution in [0.5, 0.6) is 0 Å². The molecule has 0 saturated carbocycles. The van der Waals surface area contributed by atoms with Crippen molar-refractivity contribution in [3.63, 3.8) is 0 Å². The quantitative estimate of drug-likeness (QED) is 0.809. The number of likely N-dealkylation sites (tertiary alicyclic amines) is 1. The van der Waals surface area contributed by atoms with Crippen LogP contribution in [0.3, 0.4) is 0 Å². The van der Waals surface area contributed by atoms with Crippen molar-refractivity contribution in [3.8, 4) is 0 Å². The first-order valence-electron chi connectivity index (χ1n) is 6.71. The number of rotatable bonds is 4. The summed E-state index contributed by atoms with van der Waals surface area (Å²) in [5.74, 6) is 0.362. The molecule has 4 nitrogen and oxygen atoms in total. The molecule has 1 fully saturated rings. The summed E-state index contributed by atoms with van der Waals surface area (Å²) in [5, 5.41) is 2.11. The van der Waals surface area contributed by atoms with Crippen molar-refractivity contribution in [2.45, 2.75) is 25.4 Å². The zero-order valence-electron chi connectivity index (χ0n) is 11.4. The monoisotopic (exact) mass is 291 g/mol. The maximum absolute atomic E-state index is 11.7. The fourth-order valence-corrected chi connectivity index (χ4v) is 3.65. The van der Waals surface area contributed by atoms with E-state index in [4.69, 9.17) is 9.15 Å². The van der Waals surface area contributed by atoms with E-state index in [9.17, 15) is 4.79 Å². The van der Waals surface area contributed by atoms with Crippen LogP contribution < -0.4 is 0 Å². The normalized spacial score (nSPS) is 19.4. The largest absolute Gasteiger partial charge is 0.467 e. The highest BCUT2D eigenvalue weighted by atomic mass is 32.1. The van der Waals surface area contributed by atoms with Crippen LogP contribution in [-0.2, 0) is 11.3 Å². The molecule has 0 bridgehead atoms. The molecule has 3 rings (SSSR count). The van der Waals surface area contributed by atoms with E-state index in [0.29, 0.717) is 23.9 Å². The smallest absolute Gasteiger partial charge is 0.341 e. The van der Waals surface area contributed by atoms with Gasteiger partial charge in [0.15, 0.2) is 0 Å². The van der Waals surface area contributed by atoms with E-state index in [2.05, 4.69) is 22.4 Å². The van der Waals surface area contributed by atoms with Crippen LogP contribution >= 0.6 is 11.3 Å². The van der Waals surface area contributed by atoms with Gasteiger partial charge in [-0.2, -0.15) is 0 Å². The first-order chi connectivity index (χ1) is 9.79. The number of hydrogen-bond donors (Lipinski definition) is 0. The van der Waals surface area contributed by atoms with E-state index >= 15 is 0 Å². The van der Waals surface area contributed by atoms with Gasteiger partial charge in [0, 0.05) is 10.9 Å². The van der Waals surface area contributed by atoms with E-state index < -0.39 is 0 Å². The van der Waals surface area contributed by atoms with Crippen LogP contribution in [0.4, 0.5) is 0 Å². The lowest BCUT2D eigenvalue weighted by molar-refractivity contribution is 0.0596. The molecule has 0 spiro atoms. The fourth-order valence-electron chi connectivity index (χ4n) is 2.76. The summed E-state index contributed by atoms with van der Waals surface area (Å²) < 4.78 is 10.3. The van der Waals surface area contributed by atoms with Crippen LogP contribution in [0.25, 0.3) is 0 Å². The highest BCUT2D eigenvalue weighted by Crippen LogP contribution is 2.35. The molecule has 0 aliphatic carbocycles. The molecule has 106 valence electrons. The molecule has 5 heteroatoms. The van der Waals surface area contributed by atoms with Crippen LogP contribution in [0.15, 0.2) is 34.3 Å². The Morgan fingerprint density at radius 1 is 1.55 bits per heavy atom. The highest BCUT2D eigenvalue weighted by Gasteiger charge is 2.29. The van der Waals surface area contributed by atoms with Gasteiger partial charge in [-0.3, -0.25) is 4.90 Å². The first-order valence-corrected chi connectivity index (χ1v) is 7.59. The maximum Gasteiger partial charge on any atom is 0.341 e. The summed E-state index contributed by atoms with van der Waals surface area (Å²) in [6.45, 7) is 1.68. The number of hydrogen-bond acceptors (Lipinski definition) is 5. The van der Waals surface area contributed by atoms with Crippen molar-refractivity contribution < 1.29 is 13.9 Å². The van der Waals surface area contributed by atoms with Crippen molar-refractivity contribution in [1.82, 2.24) is 4.90 Å². The summed E-state index contributed by atoms with van der Waals surface area (Å²) in [4.78, 5) is 15.4. The number of nitrogens with zero attached hydrogens (tertiary/aromatic N) is 1. The molecule has 2 aromatic rings. The standard InChI is InChI=1S/C15H17NO3S/c1-18-15(17)11-6-8-19-13(11)10-16-7-2-4-12(16)14-5-3-9-20-14/h3,5-6,8-9,12H,2,4,7,10H2,1H3. The second-order valence-corrected chi connectivity index (χ2v) is 5.87. The molecule has 0 radical (unpaired) electrons. The molecule has 3 heterocycles. The van der Waals surface area contributed by atoms with Gasteiger partial charge in [-0.15, -0.1) is 11.3 Å². The lowest BCUT2D eigenvalue weighted by Gasteiger charge is -2.22. The Morgan fingerprint density at radius 2 is 2.45 bits per heavy atom. The molecule has 1 unspecified atom stereocenters. The molecule has 1 aliphatic rings. The number of methoxy groups -OCH3 is 1. The number of carbonyl (C=O) groups excluding carboxylic acids is 1. The van der Waals surface area contributed by atoms with Gasteiger partial charge in [-0.1, -0.05) is 6.07 Å². The summed E-state index contributed by atoms with van der Waals surface area (Å²) in [5.41, 5.74) is 0.532. The zero-order valence-corrected chi connectivity index (χ0v) is 12.2. The topological polar surface area (TPSA) is 42.7 Å². The predicted molar refractivity (Wildman–Crippen MR) is 76.8 cm³/mol. The van der Waals surface area contributed by atoms with Crippen molar-refractivity contribution in [2.24, 2.45) is 0 Å². The third-order valence-electron chi connectivity index (χ3n) is 3.73. The van der Waals surface area contributed by atoms with Gasteiger partial charge in [-0.25, -0.2) is 4.79 Å². The third kappa shape index (κ3) is 2.51.